The molecule has 1 aliphatic carbocycles. The summed E-state index contributed by atoms with van der Waals surface area (Å²) in [6.07, 6.45) is 2.19. The zero-order valence-electron chi connectivity index (χ0n) is 30.7. The SMILES string of the molecule is CC(C)(C)OC(=O)CC[C@@H](CO)NC(=O)[C@H]1CCCN1C(=O)C1=C[C@H]2OCO[C@H]2[C@H](OC(=O)c2cccc(C=CC(=O)O[C@H]3C(=O)OCC3(C)C)c2)C1. The first-order chi connectivity index (χ1) is 25.0. The molecule has 15 heteroatoms. The van der Waals surface area contributed by atoms with Crippen LogP contribution in [0.25, 0.3) is 6.08 Å². The largest absolute Gasteiger partial charge is 0.462 e. The van der Waals surface area contributed by atoms with Gasteiger partial charge >= 0.3 is 23.9 Å². The van der Waals surface area contributed by atoms with Gasteiger partial charge < -0.3 is 43.7 Å². The highest BCUT2D eigenvalue weighted by Gasteiger charge is 2.47. The Morgan fingerprint density at radius 1 is 1.13 bits per heavy atom. The fourth-order valence-electron chi connectivity index (χ4n) is 6.60. The number of esters is 4. The number of fused-ring (bicyclic) bond motifs is 1. The molecule has 2 N–H and O–H groups in total. The summed E-state index contributed by atoms with van der Waals surface area (Å²) in [6, 6.07) is 4.85. The van der Waals surface area contributed by atoms with Crippen LogP contribution in [0.1, 0.15) is 82.6 Å². The van der Waals surface area contributed by atoms with Gasteiger partial charge in [-0.05, 0) is 69.9 Å². The lowest BCUT2D eigenvalue weighted by molar-refractivity contribution is -0.159. The Labute approximate surface area is 307 Å². The van der Waals surface area contributed by atoms with Gasteiger partial charge in [-0.1, -0.05) is 26.0 Å². The van der Waals surface area contributed by atoms with E-state index in [1.807, 2.05) is 0 Å². The molecule has 4 aliphatic rings. The number of carbonyl (C=O) groups excluding carboxylic acids is 6. The highest BCUT2D eigenvalue weighted by molar-refractivity contribution is 5.98. The second kappa shape index (κ2) is 16.6. The minimum absolute atomic E-state index is 0.00168. The molecule has 0 saturated carbocycles. The third-order valence-electron chi connectivity index (χ3n) is 9.31. The second-order valence-corrected chi connectivity index (χ2v) is 15.3. The van der Waals surface area contributed by atoms with Crippen LogP contribution in [0.2, 0.25) is 0 Å². The van der Waals surface area contributed by atoms with Gasteiger partial charge in [0.2, 0.25) is 17.9 Å². The van der Waals surface area contributed by atoms with Crippen molar-refractivity contribution in [3.05, 3.63) is 53.1 Å². The number of cyclic esters (lactones) is 1. The summed E-state index contributed by atoms with van der Waals surface area (Å²) >= 11 is 0. The molecule has 2 amide bonds. The first kappa shape index (κ1) is 39.6. The maximum atomic E-state index is 13.9. The van der Waals surface area contributed by atoms with Gasteiger partial charge in [-0.3, -0.25) is 14.4 Å². The van der Waals surface area contributed by atoms with E-state index < -0.39 is 89.8 Å². The molecule has 3 aliphatic heterocycles. The summed E-state index contributed by atoms with van der Waals surface area (Å²) in [4.78, 5) is 78.7. The number of hydrogen-bond donors (Lipinski definition) is 2. The van der Waals surface area contributed by atoms with Crippen LogP contribution in [-0.2, 0) is 52.4 Å². The summed E-state index contributed by atoms with van der Waals surface area (Å²) in [5, 5.41) is 12.7. The molecule has 1 aromatic rings. The maximum absolute atomic E-state index is 13.9. The highest BCUT2D eigenvalue weighted by atomic mass is 16.7. The molecule has 0 radical (unpaired) electrons. The number of aliphatic hydroxyl groups is 1. The summed E-state index contributed by atoms with van der Waals surface area (Å²) < 4.78 is 32.9. The van der Waals surface area contributed by atoms with Gasteiger partial charge in [-0.2, -0.15) is 0 Å². The Kier molecular flexibility index (Phi) is 12.4. The lowest BCUT2D eigenvalue weighted by atomic mass is 9.90. The van der Waals surface area contributed by atoms with Crippen molar-refractivity contribution in [2.45, 2.75) is 109 Å². The normalized spacial score (nSPS) is 25.6. The first-order valence-electron chi connectivity index (χ1n) is 17.8. The molecule has 3 saturated heterocycles. The predicted octanol–water partition coefficient (Wildman–Crippen LogP) is 2.38. The van der Waals surface area contributed by atoms with E-state index in [-0.39, 0.29) is 38.2 Å². The van der Waals surface area contributed by atoms with E-state index in [2.05, 4.69) is 5.32 Å². The minimum atomic E-state index is -1.03. The van der Waals surface area contributed by atoms with Crippen molar-refractivity contribution in [1.82, 2.24) is 10.2 Å². The molecule has 53 heavy (non-hydrogen) atoms. The standard InChI is InChI=1S/C38H48N2O13/c1-37(2,3)53-30(43)14-12-25(19-41)39-33(44)26-10-7-15-40(26)34(45)24-17-27-31(50-21-49-27)28(18-24)51-35(46)23-9-6-8-22(16-23)11-13-29(42)52-32-36(47)48-20-38(32,4)5/h6,8-9,11,13,16-17,25-28,31-32,41H,7,10,12,14-15,18-21H2,1-5H3,(H,39,44)/t25-,26+,27+,28+,31+,32-/m0/s1. The van der Waals surface area contributed by atoms with Crippen LogP contribution in [0.15, 0.2) is 42.0 Å². The van der Waals surface area contributed by atoms with Crippen LogP contribution >= 0.6 is 0 Å². The Bertz CT molecular complexity index is 1640. The van der Waals surface area contributed by atoms with Gasteiger partial charge in [0.05, 0.1) is 18.2 Å². The zero-order chi connectivity index (χ0) is 38.5. The third-order valence-corrected chi connectivity index (χ3v) is 9.31. The van der Waals surface area contributed by atoms with Crippen LogP contribution < -0.4 is 5.32 Å². The van der Waals surface area contributed by atoms with E-state index in [1.165, 1.54) is 17.0 Å². The Balaban J connectivity index is 1.20. The van der Waals surface area contributed by atoms with Gasteiger partial charge in [-0.25, -0.2) is 14.4 Å². The molecule has 3 heterocycles. The highest BCUT2D eigenvalue weighted by Crippen LogP contribution is 2.34. The van der Waals surface area contributed by atoms with E-state index in [9.17, 15) is 33.9 Å². The molecule has 5 rings (SSSR count). The molecule has 0 bridgehead atoms. The minimum Gasteiger partial charge on any atom is -0.462 e. The molecule has 15 nitrogen and oxygen atoms in total. The summed E-state index contributed by atoms with van der Waals surface area (Å²) in [7, 11) is 0. The van der Waals surface area contributed by atoms with E-state index in [0.717, 1.165) is 6.08 Å². The maximum Gasteiger partial charge on any atom is 0.348 e. The van der Waals surface area contributed by atoms with E-state index in [0.29, 0.717) is 30.5 Å². The molecule has 0 spiro atoms. The Morgan fingerprint density at radius 2 is 1.91 bits per heavy atom. The monoisotopic (exact) mass is 740 g/mol. The van der Waals surface area contributed by atoms with Crippen LogP contribution in [0.3, 0.4) is 0 Å². The number of likely N-dealkylation sites (tertiary alicyclic amines) is 1. The topological polar surface area (TPSA) is 193 Å². The molecular weight excluding hydrogens is 692 g/mol. The number of aliphatic hydroxyl groups excluding tert-OH is 1. The number of hydrogen-bond acceptors (Lipinski definition) is 13. The van der Waals surface area contributed by atoms with Crippen molar-refractivity contribution in [1.29, 1.82) is 0 Å². The fourth-order valence-corrected chi connectivity index (χ4v) is 6.60. The van der Waals surface area contributed by atoms with Crippen LogP contribution in [0.4, 0.5) is 0 Å². The van der Waals surface area contributed by atoms with Crippen molar-refractivity contribution in [2.24, 2.45) is 5.41 Å². The molecule has 0 unspecified atom stereocenters. The number of rotatable bonds is 12. The molecule has 3 fully saturated rings. The van der Waals surface area contributed by atoms with Crippen LogP contribution in [-0.4, -0.2) is 114 Å². The molecule has 1 aromatic carbocycles. The van der Waals surface area contributed by atoms with Crippen LogP contribution in [0.5, 0.6) is 0 Å². The van der Waals surface area contributed by atoms with Crippen molar-refractivity contribution < 1.29 is 62.3 Å². The number of carbonyl (C=O) groups is 6. The lowest BCUT2D eigenvalue weighted by Crippen LogP contribution is -2.51. The first-order valence-corrected chi connectivity index (χ1v) is 17.8. The average Bonchev–Trinajstić information content (AvgIpc) is 3.85. The number of benzene rings is 1. The van der Waals surface area contributed by atoms with Crippen LogP contribution in [0, 0.1) is 5.41 Å². The third kappa shape index (κ3) is 10.1. The summed E-state index contributed by atoms with van der Waals surface area (Å²) in [5.74, 6) is -3.32. The zero-order valence-corrected chi connectivity index (χ0v) is 30.7. The number of ether oxygens (including phenoxy) is 6. The number of nitrogens with one attached hydrogen (secondary N) is 1. The fraction of sp³-hybridized carbons (Fsp3) is 0.579. The average molecular weight is 741 g/mol. The van der Waals surface area contributed by atoms with E-state index in [4.69, 9.17) is 28.4 Å². The Hall–Kier alpha value is -4.60. The number of nitrogens with zero attached hydrogens (tertiary/aromatic N) is 1. The van der Waals surface area contributed by atoms with E-state index >= 15 is 0 Å². The van der Waals surface area contributed by atoms with Crippen molar-refractivity contribution in [3.8, 4) is 0 Å². The van der Waals surface area contributed by atoms with Gasteiger partial charge in [0, 0.05) is 36.5 Å². The lowest BCUT2D eigenvalue weighted by Gasteiger charge is -2.33. The Morgan fingerprint density at radius 3 is 2.60 bits per heavy atom. The smallest absolute Gasteiger partial charge is 0.348 e. The quantitative estimate of drug-likeness (QED) is 0.181. The van der Waals surface area contributed by atoms with Gasteiger partial charge in [0.1, 0.15) is 43.4 Å². The molecule has 0 aromatic heterocycles. The van der Waals surface area contributed by atoms with E-state index in [1.54, 1.807) is 58.9 Å². The molecular formula is C38H48N2O13. The summed E-state index contributed by atoms with van der Waals surface area (Å²) in [6.45, 7) is 8.79. The number of amides is 2. The van der Waals surface area contributed by atoms with Crippen molar-refractivity contribution in [2.75, 3.05) is 26.6 Å². The van der Waals surface area contributed by atoms with Gasteiger partial charge in [0.15, 0.2) is 0 Å². The molecule has 6 atom stereocenters. The molecule has 288 valence electrons. The van der Waals surface area contributed by atoms with Gasteiger partial charge in [-0.15, -0.1) is 0 Å². The second-order valence-electron chi connectivity index (χ2n) is 15.3. The predicted molar refractivity (Wildman–Crippen MR) is 185 cm³/mol. The van der Waals surface area contributed by atoms with Crippen molar-refractivity contribution >= 4 is 41.8 Å². The summed E-state index contributed by atoms with van der Waals surface area (Å²) in [5.41, 5.74) is -0.330. The van der Waals surface area contributed by atoms with Gasteiger partial charge in [0.25, 0.3) is 0 Å². The van der Waals surface area contributed by atoms with Crippen molar-refractivity contribution in [3.63, 3.8) is 0 Å².